The second-order valence-electron chi connectivity index (χ2n) is 15.5. The van der Waals surface area contributed by atoms with Gasteiger partial charge in [0.05, 0.1) is 17.4 Å². The normalized spacial score (nSPS) is 15.9. The van der Waals surface area contributed by atoms with Gasteiger partial charge in [0.2, 0.25) is 0 Å². The molecule has 1 saturated heterocycles. The highest BCUT2D eigenvalue weighted by Gasteiger charge is 2.48. The predicted octanol–water partition coefficient (Wildman–Crippen LogP) is 9.81. The number of hydrogen-bond donors (Lipinski definition) is 3. The van der Waals surface area contributed by atoms with Crippen LogP contribution in [0.1, 0.15) is 55.5 Å². The monoisotopic (exact) mass is 896 g/mol. The molecule has 0 radical (unpaired) electrons. The van der Waals surface area contributed by atoms with E-state index in [1.807, 2.05) is 48.7 Å². The van der Waals surface area contributed by atoms with Gasteiger partial charge in [0, 0.05) is 78.9 Å². The molecule has 0 unspecified atom stereocenters. The highest BCUT2D eigenvalue weighted by atomic mass is 35.5. The number of allylic oxidation sites excluding steroid dienone is 1. The van der Waals surface area contributed by atoms with Crippen molar-refractivity contribution in [3.05, 3.63) is 107 Å². The Bertz CT molecular complexity index is 2470. The Morgan fingerprint density at radius 3 is 2.44 bits per heavy atom. The molecule has 0 saturated carbocycles. The number of fused-ring (bicyclic) bond motifs is 1. The van der Waals surface area contributed by atoms with Crippen molar-refractivity contribution < 1.29 is 35.9 Å². The number of nitrogens with one attached hydrogen (secondary N) is 3. The van der Waals surface area contributed by atoms with Gasteiger partial charge in [-0.15, -0.1) is 0 Å². The van der Waals surface area contributed by atoms with E-state index < -0.39 is 20.2 Å². The fraction of sp³-hybridized carbons (Fsp3) is 0.341. The molecule has 324 valence electrons. The molecule has 0 spiro atoms. The Balaban J connectivity index is 0.000000252. The van der Waals surface area contributed by atoms with Crippen molar-refractivity contribution >= 4 is 73.9 Å². The van der Waals surface area contributed by atoms with Crippen LogP contribution in [0.3, 0.4) is 0 Å². The summed E-state index contributed by atoms with van der Waals surface area (Å²) in [5, 5.41) is 4.27. The summed E-state index contributed by atoms with van der Waals surface area (Å²) >= 11 is 7.18. The maximum absolute atomic E-state index is 12.7. The molecule has 1 aliphatic heterocycles. The summed E-state index contributed by atoms with van der Waals surface area (Å²) in [5.41, 5.74) is 1.50. The lowest BCUT2D eigenvalue weighted by Gasteiger charge is -2.39. The number of hydrogen-bond acceptors (Lipinski definition) is 11. The maximum Gasteiger partial charge on any atom is 0.501 e. The van der Waals surface area contributed by atoms with Crippen molar-refractivity contribution in [1.29, 1.82) is 0 Å². The SMILES string of the molecule is CC1(C)CCC(CN2CCN(c3ccc(C=O)c(Oc4cnc5[nH]ccc5c4)c3)CC2)=C(c2ccc(Cl)cc2)C1.CNSc1ccc(NCCC=O)c(S(=O)(=O)C(F)(F)F)c1. The number of carbonyl (C=O) groups excluding carboxylic acids is 2. The van der Waals surface area contributed by atoms with E-state index in [1.165, 1.54) is 29.7 Å². The van der Waals surface area contributed by atoms with Gasteiger partial charge in [0.1, 0.15) is 28.3 Å². The Morgan fingerprint density at radius 1 is 1.00 bits per heavy atom. The lowest BCUT2D eigenvalue weighted by atomic mass is 9.72. The minimum absolute atomic E-state index is 0.0440. The number of piperazine rings is 1. The molecule has 0 amide bonds. The van der Waals surface area contributed by atoms with Crippen molar-refractivity contribution in [1.82, 2.24) is 19.6 Å². The van der Waals surface area contributed by atoms with Crippen molar-refractivity contribution in [2.75, 3.05) is 56.5 Å². The predicted molar refractivity (Wildman–Crippen MR) is 236 cm³/mol. The van der Waals surface area contributed by atoms with Gasteiger partial charge < -0.3 is 24.7 Å². The highest BCUT2D eigenvalue weighted by molar-refractivity contribution is 7.97. The summed E-state index contributed by atoms with van der Waals surface area (Å²) in [6.45, 7) is 9.62. The number of ether oxygens (including phenoxy) is 1. The molecule has 1 fully saturated rings. The van der Waals surface area contributed by atoms with E-state index in [-0.39, 0.29) is 18.7 Å². The minimum Gasteiger partial charge on any atom is -0.455 e. The maximum atomic E-state index is 12.7. The first kappa shape index (κ1) is 45.7. The minimum atomic E-state index is -5.48. The standard InChI is InChI=1S/C33H35ClN4O2.C11H13F3N2O3S2/c1-33(2)11-9-25(30(19-33)23-3-6-27(34)7-4-23)21-37-13-15-38(16-14-37)28-8-5-26(22-39)31(18-28)40-29-17-24-10-12-35-32(24)36-20-29;1-15-20-8-3-4-9(16-5-2-6-17)10(7-8)21(18,19)11(12,13)14/h3-8,10,12,17-18,20,22H,9,11,13-16,19,21H2,1-2H3,(H,35,36);3-4,6-7,15-16H,2,5H2,1H3. The second kappa shape index (κ2) is 19.9. The number of aldehydes is 2. The number of benzene rings is 3. The fourth-order valence-electron chi connectivity index (χ4n) is 7.35. The first-order valence-corrected chi connectivity index (χ1v) is 22.4. The molecule has 0 bridgehead atoms. The zero-order valence-corrected chi connectivity index (χ0v) is 36.4. The van der Waals surface area contributed by atoms with E-state index >= 15 is 0 Å². The number of aromatic nitrogens is 2. The summed E-state index contributed by atoms with van der Waals surface area (Å²) < 4.78 is 70.1. The lowest BCUT2D eigenvalue weighted by Crippen LogP contribution is -2.47. The number of anilines is 2. The van der Waals surface area contributed by atoms with Crippen LogP contribution in [0.25, 0.3) is 16.6 Å². The average Bonchev–Trinajstić information content (AvgIpc) is 3.71. The molecule has 3 aromatic carbocycles. The van der Waals surface area contributed by atoms with E-state index in [9.17, 15) is 31.2 Å². The van der Waals surface area contributed by atoms with Crippen LogP contribution in [0.4, 0.5) is 24.5 Å². The molecule has 5 aromatic rings. The number of carbonyl (C=O) groups is 2. The van der Waals surface area contributed by atoms with E-state index in [4.69, 9.17) is 16.3 Å². The number of aromatic amines is 1. The Labute approximate surface area is 363 Å². The second-order valence-corrected chi connectivity index (χ2v) is 18.9. The Morgan fingerprint density at radius 2 is 1.75 bits per heavy atom. The molecule has 17 heteroatoms. The third-order valence-electron chi connectivity index (χ3n) is 10.6. The van der Waals surface area contributed by atoms with Crippen LogP contribution in [0.5, 0.6) is 11.5 Å². The van der Waals surface area contributed by atoms with Gasteiger partial charge in [-0.3, -0.25) is 14.4 Å². The van der Waals surface area contributed by atoms with Crippen LogP contribution in [-0.4, -0.2) is 87.7 Å². The van der Waals surface area contributed by atoms with Crippen LogP contribution < -0.4 is 19.7 Å². The fourth-order valence-corrected chi connectivity index (χ4v) is 9.06. The van der Waals surface area contributed by atoms with Crippen molar-refractivity contribution in [3.63, 3.8) is 0 Å². The number of halogens is 4. The van der Waals surface area contributed by atoms with Crippen molar-refractivity contribution in [3.8, 4) is 11.5 Å². The smallest absolute Gasteiger partial charge is 0.455 e. The number of sulfone groups is 1. The molecule has 11 nitrogen and oxygen atoms in total. The molecule has 0 atom stereocenters. The van der Waals surface area contributed by atoms with Crippen LogP contribution in [0.2, 0.25) is 5.02 Å². The Hall–Kier alpha value is -4.87. The first-order valence-electron chi connectivity index (χ1n) is 19.7. The number of pyridine rings is 1. The molecular formula is C44H48ClF3N6O5S2. The van der Waals surface area contributed by atoms with Gasteiger partial charge in [-0.05, 0) is 109 Å². The number of H-pyrrole nitrogens is 1. The molecule has 2 aromatic heterocycles. The number of alkyl halides is 3. The van der Waals surface area contributed by atoms with Crippen molar-refractivity contribution in [2.45, 2.75) is 54.8 Å². The molecule has 1 aliphatic carbocycles. The molecule has 3 N–H and O–H groups in total. The third kappa shape index (κ3) is 11.5. The summed E-state index contributed by atoms with van der Waals surface area (Å²) in [5.74, 6) is 1.16. The first-order chi connectivity index (χ1) is 29.1. The highest BCUT2D eigenvalue weighted by Crippen LogP contribution is 2.43. The van der Waals surface area contributed by atoms with Crippen LogP contribution in [-0.2, 0) is 14.6 Å². The van der Waals surface area contributed by atoms with Crippen LogP contribution in [0, 0.1) is 5.41 Å². The molecule has 61 heavy (non-hydrogen) atoms. The van der Waals surface area contributed by atoms with Gasteiger partial charge in [-0.1, -0.05) is 43.2 Å². The zero-order valence-electron chi connectivity index (χ0n) is 34.0. The summed E-state index contributed by atoms with van der Waals surface area (Å²) in [6.07, 6.45) is 8.47. The molecule has 7 rings (SSSR count). The van der Waals surface area contributed by atoms with E-state index in [1.54, 1.807) is 18.8 Å². The third-order valence-corrected chi connectivity index (χ3v) is 13.1. The van der Waals surface area contributed by atoms with Crippen LogP contribution in [0.15, 0.2) is 101 Å². The van der Waals surface area contributed by atoms with E-state index in [0.717, 1.165) is 91.6 Å². The quantitative estimate of drug-likeness (QED) is 0.0558. The van der Waals surface area contributed by atoms with Crippen LogP contribution >= 0.6 is 23.5 Å². The summed E-state index contributed by atoms with van der Waals surface area (Å²) in [4.78, 5) is 33.9. The molecule has 2 aliphatic rings. The van der Waals surface area contributed by atoms with Gasteiger partial charge >= 0.3 is 5.51 Å². The summed E-state index contributed by atoms with van der Waals surface area (Å²) in [6, 6.07) is 21.7. The Kier molecular flexibility index (Phi) is 14.9. The zero-order chi connectivity index (χ0) is 43.8. The summed E-state index contributed by atoms with van der Waals surface area (Å²) in [7, 11) is -3.92. The van der Waals surface area contributed by atoms with Gasteiger partial charge in [-0.2, -0.15) is 13.2 Å². The van der Waals surface area contributed by atoms with Gasteiger partial charge in [0.15, 0.2) is 6.29 Å². The lowest BCUT2D eigenvalue weighted by molar-refractivity contribution is -0.107. The number of nitrogens with zero attached hydrogens (tertiary/aromatic N) is 3. The van der Waals surface area contributed by atoms with E-state index in [0.29, 0.717) is 33.7 Å². The molecule has 3 heterocycles. The topological polar surface area (TPSA) is 137 Å². The average molecular weight is 897 g/mol. The van der Waals surface area contributed by atoms with E-state index in [2.05, 4.69) is 55.8 Å². The largest absolute Gasteiger partial charge is 0.501 e. The number of rotatable bonds is 14. The van der Waals surface area contributed by atoms with Gasteiger partial charge in [-0.25, -0.2) is 13.4 Å². The molecular weight excluding hydrogens is 849 g/mol. The van der Waals surface area contributed by atoms with Gasteiger partial charge in [0.25, 0.3) is 9.84 Å². The van der Waals surface area contributed by atoms with Crippen molar-refractivity contribution in [2.24, 2.45) is 5.41 Å².